The maximum atomic E-state index is 10.4. The molecule has 2 atom stereocenters. The molecule has 0 aliphatic carbocycles. The van der Waals surface area contributed by atoms with Crippen LogP contribution in [0.25, 0.3) is 0 Å². The summed E-state index contributed by atoms with van der Waals surface area (Å²) >= 11 is 0. The molecule has 0 aliphatic rings. The van der Waals surface area contributed by atoms with Crippen molar-refractivity contribution in [3.63, 3.8) is 0 Å². The summed E-state index contributed by atoms with van der Waals surface area (Å²) in [6.45, 7) is 17.6. The number of hydrogen-bond donors (Lipinski definition) is 1. The fourth-order valence-corrected chi connectivity index (χ4v) is 2.38. The molecular weight excluding hydrogens is 248 g/mol. The van der Waals surface area contributed by atoms with E-state index in [1.165, 1.54) is 0 Å². The number of allylic oxidation sites excluding steroid dienone is 1. The second kappa shape index (κ2) is 8.84. The summed E-state index contributed by atoms with van der Waals surface area (Å²) in [5.41, 5.74) is 0.252. The highest BCUT2D eigenvalue weighted by Gasteiger charge is 2.34. The summed E-state index contributed by atoms with van der Waals surface area (Å²) in [5.74, 6) is 0.163. The minimum absolute atomic E-state index is 0.0511. The number of ether oxygens (including phenoxy) is 1. The van der Waals surface area contributed by atoms with Gasteiger partial charge in [-0.2, -0.15) is 0 Å². The average Bonchev–Trinajstić information content (AvgIpc) is 2.28. The van der Waals surface area contributed by atoms with Crippen molar-refractivity contribution in [2.75, 3.05) is 6.61 Å². The van der Waals surface area contributed by atoms with E-state index in [0.717, 1.165) is 32.1 Å². The summed E-state index contributed by atoms with van der Waals surface area (Å²) in [7, 11) is 0. The summed E-state index contributed by atoms with van der Waals surface area (Å²) < 4.78 is 5.69. The van der Waals surface area contributed by atoms with Crippen LogP contribution in [-0.2, 0) is 4.74 Å². The lowest BCUT2D eigenvalue weighted by molar-refractivity contribution is -0.165. The van der Waals surface area contributed by atoms with Crippen molar-refractivity contribution in [3.8, 4) is 0 Å². The lowest BCUT2D eigenvalue weighted by Crippen LogP contribution is -2.37. The van der Waals surface area contributed by atoms with Crippen molar-refractivity contribution in [2.24, 2.45) is 16.7 Å². The first kappa shape index (κ1) is 19.7. The van der Waals surface area contributed by atoms with Crippen molar-refractivity contribution in [3.05, 3.63) is 12.7 Å². The monoisotopic (exact) mass is 284 g/mol. The summed E-state index contributed by atoms with van der Waals surface area (Å²) in [6, 6.07) is 0. The van der Waals surface area contributed by atoms with E-state index in [9.17, 15) is 5.11 Å². The van der Waals surface area contributed by atoms with Crippen molar-refractivity contribution in [1.82, 2.24) is 0 Å². The predicted octanol–water partition coefficient (Wildman–Crippen LogP) is 5.17. The van der Waals surface area contributed by atoms with E-state index in [-0.39, 0.29) is 16.7 Å². The molecule has 0 rings (SSSR count). The van der Waals surface area contributed by atoms with Crippen LogP contribution in [-0.4, -0.2) is 18.0 Å². The lowest BCUT2D eigenvalue weighted by Gasteiger charge is -2.38. The number of aliphatic hydroxyl groups is 1. The van der Waals surface area contributed by atoms with Gasteiger partial charge in [0.1, 0.15) is 0 Å². The van der Waals surface area contributed by atoms with Crippen LogP contribution in [0.1, 0.15) is 73.6 Å². The van der Waals surface area contributed by atoms with E-state index in [1.807, 2.05) is 6.08 Å². The maximum Gasteiger partial charge on any atom is 0.157 e. The third-order valence-electron chi connectivity index (χ3n) is 3.63. The quantitative estimate of drug-likeness (QED) is 0.360. The number of unbranched alkanes of at least 4 members (excludes halogenated alkanes) is 3. The molecule has 2 unspecified atom stereocenters. The molecule has 1 N–H and O–H groups in total. The van der Waals surface area contributed by atoms with E-state index >= 15 is 0 Å². The molecule has 0 fully saturated rings. The largest absolute Gasteiger partial charge is 0.368 e. The Morgan fingerprint density at radius 2 is 1.65 bits per heavy atom. The van der Waals surface area contributed by atoms with Crippen LogP contribution < -0.4 is 0 Å². The molecule has 20 heavy (non-hydrogen) atoms. The van der Waals surface area contributed by atoms with Crippen LogP contribution in [0.4, 0.5) is 0 Å². The zero-order valence-electron chi connectivity index (χ0n) is 14.5. The Hall–Kier alpha value is -0.340. The SMILES string of the molecule is C=CCCCCCOC(O)C(CC(C)(C)C)C(C)(C)C. The molecule has 120 valence electrons. The second-order valence-electron chi connectivity index (χ2n) is 8.14. The van der Waals surface area contributed by atoms with Gasteiger partial charge in [0, 0.05) is 12.5 Å². The van der Waals surface area contributed by atoms with Gasteiger partial charge in [0.15, 0.2) is 6.29 Å². The molecule has 0 amide bonds. The molecule has 0 bridgehead atoms. The number of rotatable bonds is 9. The van der Waals surface area contributed by atoms with Gasteiger partial charge in [0.2, 0.25) is 0 Å². The highest BCUT2D eigenvalue weighted by atomic mass is 16.6. The van der Waals surface area contributed by atoms with Gasteiger partial charge in [-0.15, -0.1) is 6.58 Å². The zero-order valence-corrected chi connectivity index (χ0v) is 14.5. The lowest BCUT2D eigenvalue weighted by atomic mass is 9.72. The first-order valence-electron chi connectivity index (χ1n) is 7.98. The molecule has 0 saturated carbocycles. The Labute approximate surface area is 126 Å². The van der Waals surface area contributed by atoms with Crippen LogP contribution in [0, 0.1) is 16.7 Å². The van der Waals surface area contributed by atoms with E-state index in [4.69, 9.17) is 4.74 Å². The van der Waals surface area contributed by atoms with Gasteiger partial charge < -0.3 is 9.84 Å². The minimum atomic E-state index is -0.659. The predicted molar refractivity (Wildman–Crippen MR) is 87.6 cm³/mol. The average molecular weight is 284 g/mol. The van der Waals surface area contributed by atoms with Crippen LogP contribution >= 0.6 is 0 Å². The number of aliphatic hydroxyl groups excluding tert-OH is 1. The summed E-state index contributed by atoms with van der Waals surface area (Å²) in [4.78, 5) is 0. The van der Waals surface area contributed by atoms with Crippen molar-refractivity contribution < 1.29 is 9.84 Å². The van der Waals surface area contributed by atoms with Crippen molar-refractivity contribution >= 4 is 0 Å². The fourth-order valence-electron chi connectivity index (χ4n) is 2.38. The van der Waals surface area contributed by atoms with E-state index in [1.54, 1.807) is 0 Å². The van der Waals surface area contributed by atoms with Gasteiger partial charge in [0.25, 0.3) is 0 Å². The standard InChI is InChI=1S/C18H36O2/c1-8-9-10-11-12-13-20-16(19)15(18(5,6)7)14-17(2,3)4/h8,15-16,19H,1,9-14H2,2-7H3. The maximum absolute atomic E-state index is 10.4. The smallest absolute Gasteiger partial charge is 0.157 e. The highest BCUT2D eigenvalue weighted by molar-refractivity contribution is 4.81. The summed E-state index contributed by atoms with van der Waals surface area (Å²) in [5, 5.41) is 10.4. The van der Waals surface area contributed by atoms with Crippen LogP contribution in [0.3, 0.4) is 0 Å². The molecule has 2 nitrogen and oxygen atoms in total. The second-order valence-corrected chi connectivity index (χ2v) is 8.14. The first-order valence-corrected chi connectivity index (χ1v) is 7.98. The normalized spacial score (nSPS) is 15.9. The topological polar surface area (TPSA) is 29.5 Å². The molecule has 0 saturated heterocycles. The van der Waals surface area contributed by atoms with Gasteiger partial charge >= 0.3 is 0 Å². The Morgan fingerprint density at radius 1 is 1.05 bits per heavy atom. The Bertz CT molecular complexity index is 258. The van der Waals surface area contributed by atoms with E-state index in [0.29, 0.717) is 6.61 Å². The molecular formula is C18H36O2. The van der Waals surface area contributed by atoms with Crippen molar-refractivity contribution in [2.45, 2.75) is 79.9 Å². The Balaban J connectivity index is 4.22. The molecule has 0 spiro atoms. The van der Waals surface area contributed by atoms with E-state index in [2.05, 4.69) is 48.1 Å². The first-order chi connectivity index (χ1) is 9.08. The number of hydrogen-bond acceptors (Lipinski definition) is 2. The molecule has 0 aromatic carbocycles. The Morgan fingerprint density at radius 3 is 2.10 bits per heavy atom. The molecule has 0 aromatic heterocycles. The third-order valence-corrected chi connectivity index (χ3v) is 3.63. The highest BCUT2D eigenvalue weighted by Crippen LogP contribution is 2.38. The fraction of sp³-hybridized carbons (Fsp3) is 0.889. The minimum Gasteiger partial charge on any atom is -0.368 e. The Kier molecular flexibility index (Phi) is 8.69. The van der Waals surface area contributed by atoms with Gasteiger partial charge in [-0.25, -0.2) is 0 Å². The van der Waals surface area contributed by atoms with Crippen LogP contribution in [0.2, 0.25) is 0 Å². The third kappa shape index (κ3) is 9.55. The molecule has 2 heteroatoms. The van der Waals surface area contributed by atoms with Gasteiger partial charge in [-0.05, 0) is 36.5 Å². The van der Waals surface area contributed by atoms with Gasteiger partial charge in [-0.1, -0.05) is 54.0 Å². The molecule has 0 heterocycles. The van der Waals surface area contributed by atoms with Crippen LogP contribution in [0.15, 0.2) is 12.7 Å². The van der Waals surface area contributed by atoms with Crippen LogP contribution in [0.5, 0.6) is 0 Å². The van der Waals surface area contributed by atoms with Crippen molar-refractivity contribution in [1.29, 1.82) is 0 Å². The zero-order chi connectivity index (χ0) is 15.8. The van der Waals surface area contributed by atoms with Gasteiger partial charge in [0.05, 0.1) is 0 Å². The molecule has 0 aliphatic heterocycles. The molecule has 0 radical (unpaired) electrons. The van der Waals surface area contributed by atoms with Gasteiger partial charge in [-0.3, -0.25) is 0 Å². The van der Waals surface area contributed by atoms with E-state index < -0.39 is 6.29 Å². The summed E-state index contributed by atoms with van der Waals surface area (Å²) in [6.07, 6.45) is 6.64. The molecule has 0 aromatic rings.